The van der Waals surface area contributed by atoms with Gasteiger partial charge in [-0.3, -0.25) is 4.98 Å². The number of nitrogens with zero attached hydrogens (tertiary/aromatic N) is 3. The molecule has 0 amide bonds. The molecule has 134 valence electrons. The van der Waals surface area contributed by atoms with Crippen molar-refractivity contribution in [1.82, 2.24) is 19.9 Å². The molecule has 4 N–H and O–H groups in total. The Hall–Kier alpha value is -3.74. The third-order valence-electron chi connectivity index (χ3n) is 4.22. The second-order valence-corrected chi connectivity index (χ2v) is 6.16. The average molecular weight is 361 g/mol. The summed E-state index contributed by atoms with van der Waals surface area (Å²) in [5.41, 5.74) is 9.35. The van der Waals surface area contributed by atoms with E-state index in [2.05, 4.69) is 19.9 Å². The topological polar surface area (TPSA) is 101 Å². The van der Waals surface area contributed by atoms with E-state index in [4.69, 9.17) is 5.73 Å². The van der Waals surface area contributed by atoms with Crippen molar-refractivity contribution in [2.45, 2.75) is 6.92 Å². The number of hydrogen-bond donors (Lipinski definition) is 3. The second kappa shape index (κ2) is 6.53. The van der Waals surface area contributed by atoms with E-state index in [1.165, 1.54) is 18.3 Å². The van der Waals surface area contributed by atoms with Gasteiger partial charge in [0.25, 0.3) is 0 Å². The molecule has 27 heavy (non-hydrogen) atoms. The number of H-pyrrole nitrogens is 1. The lowest BCUT2D eigenvalue weighted by molar-refractivity contribution is 0.476. The number of nitrogens with two attached hydrogens (primary N) is 1. The molecular weight excluding hydrogens is 345 g/mol. The van der Waals surface area contributed by atoms with Crippen molar-refractivity contribution in [2.24, 2.45) is 0 Å². The minimum absolute atomic E-state index is 0.0320. The maximum Gasteiger partial charge on any atom is 0.165 e. The largest absolute Gasteiger partial charge is 0.504 e. The van der Waals surface area contributed by atoms with Crippen LogP contribution in [-0.2, 0) is 0 Å². The molecule has 4 aromatic rings. The summed E-state index contributed by atoms with van der Waals surface area (Å²) >= 11 is 0. The van der Waals surface area contributed by atoms with Gasteiger partial charge in [-0.05, 0) is 42.8 Å². The fraction of sp³-hybridized carbons (Fsp3) is 0.0500. The lowest BCUT2D eigenvalue weighted by Crippen LogP contribution is -1.92. The normalized spacial score (nSPS) is 10.9. The Labute approximate surface area is 154 Å². The first-order chi connectivity index (χ1) is 13.0. The van der Waals surface area contributed by atoms with Gasteiger partial charge in [0.2, 0.25) is 0 Å². The molecule has 0 aliphatic carbocycles. The van der Waals surface area contributed by atoms with Crippen molar-refractivity contribution in [1.29, 1.82) is 0 Å². The van der Waals surface area contributed by atoms with Gasteiger partial charge in [0, 0.05) is 29.7 Å². The molecule has 0 saturated heterocycles. The van der Waals surface area contributed by atoms with Crippen LogP contribution < -0.4 is 5.73 Å². The van der Waals surface area contributed by atoms with Crippen LogP contribution in [0.2, 0.25) is 0 Å². The summed E-state index contributed by atoms with van der Waals surface area (Å²) in [6.07, 6.45) is 4.83. The second-order valence-electron chi connectivity index (χ2n) is 6.16. The lowest BCUT2D eigenvalue weighted by Gasteiger charge is -2.04. The van der Waals surface area contributed by atoms with Crippen LogP contribution in [0.5, 0.6) is 5.75 Å². The number of aryl methyl sites for hydroxylation is 1. The van der Waals surface area contributed by atoms with Crippen LogP contribution in [0, 0.1) is 12.7 Å². The van der Waals surface area contributed by atoms with Crippen molar-refractivity contribution >= 4 is 5.82 Å². The molecule has 0 unspecified atom stereocenters. The van der Waals surface area contributed by atoms with Crippen LogP contribution in [0.3, 0.4) is 0 Å². The van der Waals surface area contributed by atoms with Gasteiger partial charge in [-0.25, -0.2) is 14.4 Å². The summed E-state index contributed by atoms with van der Waals surface area (Å²) < 4.78 is 14.5. The number of nitrogens with one attached hydrogen (secondary N) is 1. The number of imidazole rings is 1. The van der Waals surface area contributed by atoms with E-state index in [1.54, 1.807) is 18.5 Å². The standard InChI is InChI=1S/C20H16FN5O/c1-11-2-3-14(15(21)8-11)20-25-17(12-4-6-23-7-5-12)18(26-20)13-9-16(27)19(22)24-10-13/h2-10,27H,1H3,(H2,22,24)(H,25,26). The first-order valence-electron chi connectivity index (χ1n) is 8.24. The Balaban J connectivity index is 1.93. The minimum Gasteiger partial charge on any atom is -0.504 e. The van der Waals surface area contributed by atoms with Gasteiger partial charge in [-0.1, -0.05) is 6.07 Å². The van der Waals surface area contributed by atoms with Gasteiger partial charge in [0.15, 0.2) is 11.6 Å². The molecule has 3 heterocycles. The highest BCUT2D eigenvalue weighted by Gasteiger charge is 2.18. The third-order valence-corrected chi connectivity index (χ3v) is 4.22. The van der Waals surface area contributed by atoms with Gasteiger partial charge >= 0.3 is 0 Å². The van der Waals surface area contributed by atoms with Crippen LogP contribution in [0.1, 0.15) is 5.56 Å². The maximum absolute atomic E-state index is 14.5. The van der Waals surface area contributed by atoms with E-state index in [-0.39, 0.29) is 17.4 Å². The molecule has 0 atom stereocenters. The van der Waals surface area contributed by atoms with E-state index < -0.39 is 0 Å². The molecule has 0 radical (unpaired) electrons. The van der Waals surface area contributed by atoms with Crippen LogP contribution in [-0.4, -0.2) is 25.0 Å². The number of hydrogen-bond acceptors (Lipinski definition) is 5. The highest BCUT2D eigenvalue weighted by Crippen LogP contribution is 2.35. The number of nitrogen functional groups attached to an aromatic ring is 1. The zero-order valence-corrected chi connectivity index (χ0v) is 14.4. The number of rotatable bonds is 3. The SMILES string of the molecule is Cc1ccc(-c2nc(-c3cnc(N)c(O)c3)c(-c3ccncc3)[nH]2)c(F)c1. The van der Waals surface area contributed by atoms with E-state index in [9.17, 15) is 9.50 Å². The summed E-state index contributed by atoms with van der Waals surface area (Å²) in [5.74, 6) is -0.0933. The molecule has 3 aromatic heterocycles. The summed E-state index contributed by atoms with van der Waals surface area (Å²) in [4.78, 5) is 15.8. The predicted molar refractivity (Wildman–Crippen MR) is 101 cm³/mol. The number of anilines is 1. The smallest absolute Gasteiger partial charge is 0.165 e. The van der Waals surface area contributed by atoms with Crippen LogP contribution >= 0.6 is 0 Å². The number of benzene rings is 1. The van der Waals surface area contributed by atoms with Gasteiger partial charge in [0.1, 0.15) is 11.6 Å². The molecule has 0 aliphatic heterocycles. The number of halogens is 1. The first kappa shape index (κ1) is 16.7. The first-order valence-corrected chi connectivity index (χ1v) is 8.24. The van der Waals surface area contributed by atoms with Crippen molar-refractivity contribution in [2.75, 3.05) is 5.73 Å². The highest BCUT2D eigenvalue weighted by atomic mass is 19.1. The van der Waals surface area contributed by atoms with Gasteiger partial charge in [-0.2, -0.15) is 0 Å². The minimum atomic E-state index is -0.366. The van der Waals surface area contributed by atoms with Crippen molar-refractivity contribution in [3.8, 4) is 39.7 Å². The molecule has 4 rings (SSSR count). The fourth-order valence-corrected chi connectivity index (χ4v) is 2.84. The molecule has 0 fully saturated rings. The average Bonchev–Trinajstić information content (AvgIpc) is 3.10. The summed E-state index contributed by atoms with van der Waals surface area (Å²) in [7, 11) is 0. The molecule has 0 spiro atoms. The molecule has 1 aromatic carbocycles. The van der Waals surface area contributed by atoms with Gasteiger partial charge in [0.05, 0.1) is 17.0 Å². The van der Waals surface area contributed by atoms with E-state index in [1.807, 2.05) is 25.1 Å². The van der Waals surface area contributed by atoms with Crippen molar-refractivity contribution < 1.29 is 9.50 Å². The molecule has 0 saturated carbocycles. The maximum atomic E-state index is 14.5. The highest BCUT2D eigenvalue weighted by molar-refractivity contribution is 5.81. The lowest BCUT2D eigenvalue weighted by atomic mass is 10.1. The Morgan fingerprint density at radius 2 is 1.85 bits per heavy atom. The van der Waals surface area contributed by atoms with Crippen LogP contribution in [0.15, 0.2) is 55.0 Å². The van der Waals surface area contributed by atoms with Gasteiger partial charge < -0.3 is 15.8 Å². The Kier molecular flexibility index (Phi) is 4.04. The Morgan fingerprint density at radius 1 is 1.07 bits per heavy atom. The Bertz CT molecular complexity index is 1120. The molecular formula is C20H16FN5O. The Morgan fingerprint density at radius 3 is 2.56 bits per heavy atom. The molecule has 7 heteroatoms. The fourth-order valence-electron chi connectivity index (χ4n) is 2.84. The number of pyridine rings is 2. The number of aromatic nitrogens is 4. The van der Waals surface area contributed by atoms with Crippen molar-refractivity contribution in [3.05, 3.63) is 66.4 Å². The van der Waals surface area contributed by atoms with E-state index >= 15 is 0 Å². The number of aromatic hydroxyl groups is 1. The predicted octanol–water partition coefficient (Wildman–Crippen LogP) is 3.94. The van der Waals surface area contributed by atoms with E-state index in [0.717, 1.165) is 11.1 Å². The molecule has 6 nitrogen and oxygen atoms in total. The monoisotopic (exact) mass is 361 g/mol. The zero-order valence-electron chi connectivity index (χ0n) is 14.4. The third kappa shape index (κ3) is 3.10. The quantitative estimate of drug-likeness (QED) is 0.513. The molecule has 0 bridgehead atoms. The number of aromatic amines is 1. The summed E-state index contributed by atoms with van der Waals surface area (Å²) in [6, 6.07) is 10.1. The van der Waals surface area contributed by atoms with Crippen molar-refractivity contribution in [3.63, 3.8) is 0 Å². The summed E-state index contributed by atoms with van der Waals surface area (Å²) in [5, 5.41) is 9.93. The van der Waals surface area contributed by atoms with Gasteiger partial charge in [-0.15, -0.1) is 0 Å². The molecule has 0 aliphatic rings. The van der Waals surface area contributed by atoms with Crippen LogP contribution in [0.4, 0.5) is 10.2 Å². The summed E-state index contributed by atoms with van der Waals surface area (Å²) in [6.45, 7) is 1.83. The van der Waals surface area contributed by atoms with Crippen LogP contribution in [0.25, 0.3) is 33.9 Å². The zero-order chi connectivity index (χ0) is 19.0. The van der Waals surface area contributed by atoms with E-state index in [0.29, 0.717) is 28.3 Å².